The average molecular weight is 304 g/mol. The van der Waals surface area contributed by atoms with Crippen molar-refractivity contribution in [1.29, 1.82) is 0 Å². The van der Waals surface area contributed by atoms with E-state index >= 15 is 0 Å². The summed E-state index contributed by atoms with van der Waals surface area (Å²) in [7, 11) is 0. The van der Waals surface area contributed by atoms with Crippen LogP contribution >= 0.6 is 11.3 Å². The van der Waals surface area contributed by atoms with Gasteiger partial charge in [-0.05, 0) is 49.3 Å². The largest absolute Gasteiger partial charge is 0.326 e. The van der Waals surface area contributed by atoms with E-state index in [1.165, 1.54) is 32.2 Å². The fourth-order valence-electron chi connectivity index (χ4n) is 3.17. The number of nitrogens with two attached hydrogens (primary N) is 1. The van der Waals surface area contributed by atoms with Gasteiger partial charge in [-0.25, -0.2) is 4.39 Å². The van der Waals surface area contributed by atoms with Gasteiger partial charge in [0.25, 0.3) is 0 Å². The van der Waals surface area contributed by atoms with Crippen molar-refractivity contribution in [2.24, 2.45) is 11.7 Å². The van der Waals surface area contributed by atoms with Gasteiger partial charge in [0.15, 0.2) is 0 Å². The lowest BCUT2D eigenvalue weighted by Gasteiger charge is -2.22. The lowest BCUT2D eigenvalue weighted by molar-refractivity contribution is 0.244. The van der Waals surface area contributed by atoms with Gasteiger partial charge in [-0.3, -0.25) is 4.90 Å². The van der Waals surface area contributed by atoms with Crippen molar-refractivity contribution in [3.8, 4) is 0 Å². The van der Waals surface area contributed by atoms with Crippen molar-refractivity contribution in [2.75, 3.05) is 6.54 Å². The molecular weight excluding hydrogens is 283 g/mol. The topological polar surface area (TPSA) is 29.3 Å². The number of hydrogen-bond acceptors (Lipinski definition) is 3. The van der Waals surface area contributed by atoms with Crippen LogP contribution in [-0.4, -0.2) is 17.5 Å². The summed E-state index contributed by atoms with van der Waals surface area (Å²) in [5.74, 6) is 0.780. The molecule has 2 aliphatic rings. The van der Waals surface area contributed by atoms with E-state index in [-0.39, 0.29) is 5.82 Å². The highest BCUT2D eigenvalue weighted by molar-refractivity contribution is 7.19. The number of rotatable bonds is 6. The van der Waals surface area contributed by atoms with Crippen LogP contribution in [-0.2, 0) is 13.1 Å². The standard InChI is InChI=1S/C17H21FN2S/c18-14-2-1-3-15-17(14)13(16(8-19)21-15)10-20(12-6-7-12)9-11-4-5-11/h1-3,11-12H,4-10,19H2. The predicted octanol–water partition coefficient (Wildman–Crippen LogP) is 3.87. The van der Waals surface area contributed by atoms with Crippen LogP contribution in [0.3, 0.4) is 0 Å². The molecule has 0 bridgehead atoms. The highest BCUT2D eigenvalue weighted by Crippen LogP contribution is 2.39. The summed E-state index contributed by atoms with van der Waals surface area (Å²) < 4.78 is 15.3. The summed E-state index contributed by atoms with van der Waals surface area (Å²) in [6.45, 7) is 2.56. The van der Waals surface area contributed by atoms with Gasteiger partial charge in [-0.15, -0.1) is 11.3 Å². The van der Waals surface area contributed by atoms with Crippen molar-refractivity contribution in [3.05, 3.63) is 34.5 Å². The molecule has 1 aromatic carbocycles. The van der Waals surface area contributed by atoms with Crippen LogP contribution in [0, 0.1) is 11.7 Å². The minimum atomic E-state index is -0.0966. The highest BCUT2D eigenvalue weighted by Gasteiger charge is 2.34. The van der Waals surface area contributed by atoms with Crippen molar-refractivity contribution in [1.82, 2.24) is 4.90 Å². The van der Waals surface area contributed by atoms with Gasteiger partial charge in [-0.2, -0.15) is 0 Å². The van der Waals surface area contributed by atoms with E-state index in [2.05, 4.69) is 4.90 Å². The Morgan fingerprint density at radius 2 is 2.05 bits per heavy atom. The molecule has 0 radical (unpaired) electrons. The number of fused-ring (bicyclic) bond motifs is 1. The molecular formula is C17H21FN2S. The van der Waals surface area contributed by atoms with Crippen LogP contribution in [0.25, 0.3) is 10.1 Å². The van der Waals surface area contributed by atoms with Crippen LogP contribution in [0.1, 0.15) is 36.1 Å². The third-order valence-corrected chi connectivity index (χ3v) is 5.87. The molecule has 0 amide bonds. The summed E-state index contributed by atoms with van der Waals surface area (Å²) in [4.78, 5) is 3.72. The van der Waals surface area contributed by atoms with Gasteiger partial charge in [-0.1, -0.05) is 6.07 Å². The van der Waals surface area contributed by atoms with Gasteiger partial charge in [0.1, 0.15) is 5.82 Å². The number of hydrogen-bond donors (Lipinski definition) is 1. The summed E-state index contributed by atoms with van der Waals surface area (Å²) in [6.07, 6.45) is 5.34. The first kappa shape index (κ1) is 13.7. The SMILES string of the molecule is NCc1sc2cccc(F)c2c1CN(CC1CC1)C1CC1. The molecule has 0 aliphatic heterocycles. The third-order valence-electron chi connectivity index (χ3n) is 4.65. The number of benzene rings is 1. The molecule has 2 nitrogen and oxygen atoms in total. The molecule has 2 fully saturated rings. The second-order valence-corrected chi connectivity index (χ2v) is 7.56. The smallest absolute Gasteiger partial charge is 0.132 e. The van der Waals surface area contributed by atoms with Gasteiger partial charge < -0.3 is 5.73 Å². The molecule has 112 valence electrons. The predicted molar refractivity (Wildman–Crippen MR) is 85.8 cm³/mol. The van der Waals surface area contributed by atoms with Crippen LogP contribution in [0.4, 0.5) is 4.39 Å². The van der Waals surface area contributed by atoms with E-state index in [1.54, 1.807) is 23.5 Å². The molecule has 0 saturated heterocycles. The zero-order valence-electron chi connectivity index (χ0n) is 12.1. The van der Waals surface area contributed by atoms with E-state index in [0.29, 0.717) is 6.54 Å². The summed E-state index contributed by atoms with van der Waals surface area (Å²) in [5, 5.41) is 0.810. The molecule has 21 heavy (non-hydrogen) atoms. The zero-order chi connectivity index (χ0) is 14.4. The summed E-state index contributed by atoms with van der Waals surface area (Å²) in [6, 6.07) is 6.09. The Hall–Kier alpha value is -0.970. The highest BCUT2D eigenvalue weighted by atomic mass is 32.1. The molecule has 1 aromatic heterocycles. The van der Waals surface area contributed by atoms with Gasteiger partial charge in [0.2, 0.25) is 0 Å². The maximum Gasteiger partial charge on any atom is 0.132 e. The van der Waals surface area contributed by atoms with Crippen molar-refractivity contribution in [3.63, 3.8) is 0 Å². The Morgan fingerprint density at radius 1 is 1.24 bits per heavy atom. The van der Waals surface area contributed by atoms with Crippen LogP contribution < -0.4 is 5.73 Å². The Kier molecular flexibility index (Phi) is 3.48. The second kappa shape index (κ2) is 5.34. The van der Waals surface area contributed by atoms with E-state index < -0.39 is 0 Å². The summed E-state index contributed by atoms with van der Waals surface area (Å²) in [5.41, 5.74) is 7.06. The Morgan fingerprint density at radius 3 is 2.71 bits per heavy atom. The van der Waals surface area contributed by atoms with Crippen LogP contribution in [0.15, 0.2) is 18.2 Å². The minimum Gasteiger partial charge on any atom is -0.326 e. The molecule has 2 aliphatic carbocycles. The monoisotopic (exact) mass is 304 g/mol. The Balaban J connectivity index is 1.70. The molecule has 0 spiro atoms. The van der Waals surface area contributed by atoms with Gasteiger partial charge in [0, 0.05) is 40.6 Å². The molecule has 1 heterocycles. The van der Waals surface area contributed by atoms with E-state index in [1.807, 2.05) is 6.07 Å². The molecule has 0 atom stereocenters. The molecule has 4 heteroatoms. The van der Waals surface area contributed by atoms with Crippen molar-refractivity contribution in [2.45, 2.75) is 44.8 Å². The van der Waals surface area contributed by atoms with Gasteiger partial charge >= 0.3 is 0 Å². The molecule has 4 rings (SSSR count). The Bertz CT molecular complexity index is 658. The molecule has 2 N–H and O–H groups in total. The molecule has 2 saturated carbocycles. The molecule has 2 aromatic rings. The first-order valence-corrected chi connectivity index (χ1v) is 8.70. The fraction of sp³-hybridized carbons (Fsp3) is 0.529. The first-order chi connectivity index (χ1) is 10.3. The van der Waals surface area contributed by atoms with Crippen molar-refractivity contribution < 1.29 is 4.39 Å². The second-order valence-electron chi connectivity index (χ2n) is 6.42. The van der Waals surface area contributed by atoms with E-state index in [4.69, 9.17) is 5.73 Å². The third kappa shape index (κ3) is 2.72. The zero-order valence-corrected chi connectivity index (χ0v) is 13.0. The fourth-order valence-corrected chi connectivity index (χ4v) is 4.27. The number of nitrogens with zero attached hydrogens (tertiary/aromatic N) is 1. The van der Waals surface area contributed by atoms with Crippen LogP contribution in [0.2, 0.25) is 0 Å². The normalized spacial score (nSPS) is 18.8. The van der Waals surface area contributed by atoms with Gasteiger partial charge in [0.05, 0.1) is 0 Å². The average Bonchev–Trinajstić information content (AvgIpc) is 3.36. The molecule has 0 unspecified atom stereocenters. The lowest BCUT2D eigenvalue weighted by atomic mass is 10.1. The number of thiophene rings is 1. The minimum absolute atomic E-state index is 0.0966. The van der Waals surface area contributed by atoms with E-state index in [0.717, 1.165) is 39.0 Å². The lowest BCUT2D eigenvalue weighted by Crippen LogP contribution is -2.28. The maximum atomic E-state index is 14.3. The maximum absolute atomic E-state index is 14.3. The number of halogens is 1. The summed E-state index contributed by atoms with van der Waals surface area (Å²) >= 11 is 1.66. The van der Waals surface area contributed by atoms with Crippen molar-refractivity contribution >= 4 is 21.4 Å². The quantitative estimate of drug-likeness (QED) is 0.877. The van der Waals surface area contributed by atoms with E-state index in [9.17, 15) is 4.39 Å². The Labute approximate surface area is 128 Å². The van der Waals surface area contributed by atoms with Crippen LogP contribution in [0.5, 0.6) is 0 Å². The first-order valence-electron chi connectivity index (χ1n) is 7.89.